The Balaban J connectivity index is 2.34. The van der Waals surface area contributed by atoms with Crippen LogP contribution in [0.25, 0.3) is 0 Å². The van der Waals surface area contributed by atoms with E-state index >= 15 is 0 Å². The number of benzene rings is 1. The Morgan fingerprint density at radius 1 is 1.41 bits per heavy atom. The van der Waals surface area contributed by atoms with Crippen molar-refractivity contribution in [1.82, 2.24) is 0 Å². The van der Waals surface area contributed by atoms with Gasteiger partial charge in [-0.05, 0) is 31.0 Å². The molecule has 1 aromatic rings. The van der Waals surface area contributed by atoms with Gasteiger partial charge >= 0.3 is 0 Å². The van der Waals surface area contributed by atoms with Gasteiger partial charge < -0.3 is 9.64 Å². The molecule has 1 aromatic carbocycles. The quantitative estimate of drug-likeness (QED) is 0.814. The third-order valence-corrected chi connectivity index (χ3v) is 4.62. The van der Waals surface area contributed by atoms with Crippen LogP contribution in [0.3, 0.4) is 0 Å². The molecule has 22 heavy (non-hydrogen) atoms. The maximum atomic E-state index is 12.1. The number of nitrogens with zero attached hydrogens (tertiary/aromatic N) is 1. The number of rotatable bonds is 6. The van der Waals surface area contributed by atoms with E-state index in [1.807, 2.05) is 0 Å². The van der Waals surface area contributed by atoms with Gasteiger partial charge in [0, 0.05) is 13.0 Å². The summed E-state index contributed by atoms with van der Waals surface area (Å²) >= 11 is 0. The average molecular weight is 324 g/mol. The molecule has 2 rings (SSSR count). The van der Waals surface area contributed by atoms with Crippen LogP contribution < -0.4 is 14.4 Å². The van der Waals surface area contributed by atoms with Crippen molar-refractivity contribution in [3.63, 3.8) is 0 Å². The molecule has 0 atom stereocenters. The Bertz CT molecular complexity index is 670. The number of sulfonamides is 1. The van der Waals surface area contributed by atoms with Crippen LogP contribution in [0.2, 0.25) is 0 Å². The summed E-state index contributed by atoms with van der Waals surface area (Å²) in [4.78, 5) is 13.7. The number of anilines is 2. The number of carbonyl (C=O) groups is 1. The summed E-state index contributed by atoms with van der Waals surface area (Å²) in [5.41, 5.74) is 0.988. The van der Waals surface area contributed by atoms with E-state index in [0.29, 0.717) is 30.1 Å². The molecule has 7 heteroatoms. The lowest BCUT2D eigenvalue weighted by molar-refractivity contribution is -0.119. The maximum absolute atomic E-state index is 12.1. The highest BCUT2D eigenvalue weighted by molar-refractivity contribution is 7.92. The van der Waals surface area contributed by atoms with Gasteiger partial charge in [-0.2, -0.15) is 0 Å². The molecule has 0 aliphatic carbocycles. The maximum Gasteiger partial charge on any atom is 0.236 e. The monoisotopic (exact) mass is 324 g/mol. The van der Waals surface area contributed by atoms with Crippen molar-refractivity contribution in [3.8, 4) is 5.75 Å². The van der Waals surface area contributed by atoms with E-state index in [-0.39, 0.29) is 11.7 Å². The molecule has 120 valence electrons. The summed E-state index contributed by atoms with van der Waals surface area (Å²) in [6.45, 7) is 4.03. The molecule has 0 unspecified atom stereocenters. The van der Waals surface area contributed by atoms with E-state index in [1.54, 1.807) is 23.1 Å². The molecule has 0 radical (unpaired) electrons. The molecule has 1 saturated heterocycles. The highest BCUT2D eigenvalue weighted by atomic mass is 32.2. The van der Waals surface area contributed by atoms with Crippen molar-refractivity contribution in [2.75, 3.05) is 29.0 Å². The average Bonchev–Trinajstić information content (AvgIpc) is 2.47. The molecule has 1 aliphatic heterocycles. The molecule has 1 N–H and O–H groups in total. The number of ether oxygens (including phenoxy) is 1. The molecule has 1 fully saturated rings. The molecular formula is C15H20N2O4S. The minimum absolute atomic E-state index is 0.0237. The van der Waals surface area contributed by atoms with Crippen LogP contribution >= 0.6 is 0 Å². The molecule has 0 spiro atoms. The lowest BCUT2D eigenvalue weighted by Crippen LogP contribution is -2.35. The summed E-state index contributed by atoms with van der Waals surface area (Å²) in [6, 6.07) is 4.89. The van der Waals surface area contributed by atoms with Crippen LogP contribution in [0.4, 0.5) is 11.4 Å². The Morgan fingerprint density at radius 2 is 2.18 bits per heavy atom. The topological polar surface area (TPSA) is 75.7 Å². The van der Waals surface area contributed by atoms with Crippen LogP contribution in [-0.2, 0) is 14.8 Å². The lowest BCUT2D eigenvalue weighted by atomic mass is 10.1. The smallest absolute Gasteiger partial charge is 0.236 e. The zero-order valence-electron chi connectivity index (χ0n) is 12.5. The predicted octanol–water partition coefficient (Wildman–Crippen LogP) is 2.14. The summed E-state index contributed by atoms with van der Waals surface area (Å²) < 4.78 is 31.4. The number of carbonyl (C=O) groups excluding carboxylic acids is 1. The summed E-state index contributed by atoms with van der Waals surface area (Å²) in [5, 5.41) is 0. The first-order valence-electron chi connectivity index (χ1n) is 7.06. The highest BCUT2D eigenvalue weighted by Gasteiger charge is 2.23. The first kappa shape index (κ1) is 16.4. The van der Waals surface area contributed by atoms with Crippen LogP contribution in [0, 0.1) is 0 Å². The fourth-order valence-corrected chi connectivity index (χ4v) is 3.28. The van der Waals surface area contributed by atoms with E-state index in [0.717, 1.165) is 12.8 Å². The second kappa shape index (κ2) is 6.83. The number of piperidine rings is 1. The van der Waals surface area contributed by atoms with Gasteiger partial charge in [0.05, 0.1) is 24.2 Å². The zero-order valence-corrected chi connectivity index (χ0v) is 13.4. The van der Waals surface area contributed by atoms with Crippen molar-refractivity contribution in [1.29, 1.82) is 0 Å². The van der Waals surface area contributed by atoms with Gasteiger partial charge in [0.25, 0.3) is 0 Å². The summed E-state index contributed by atoms with van der Waals surface area (Å²) in [7, 11) is -1.95. The van der Waals surface area contributed by atoms with Crippen LogP contribution in [-0.4, -0.2) is 33.7 Å². The van der Waals surface area contributed by atoms with Gasteiger partial charge in [0.15, 0.2) is 0 Å². The normalized spacial score (nSPS) is 15.5. The predicted molar refractivity (Wildman–Crippen MR) is 86.8 cm³/mol. The molecular weight excluding hydrogens is 304 g/mol. The molecule has 1 amide bonds. The number of hydrogen-bond acceptors (Lipinski definition) is 4. The minimum Gasteiger partial charge on any atom is -0.495 e. The summed E-state index contributed by atoms with van der Waals surface area (Å²) in [6.07, 6.45) is 3.61. The van der Waals surface area contributed by atoms with Crippen LogP contribution in [0.5, 0.6) is 5.75 Å². The van der Waals surface area contributed by atoms with Gasteiger partial charge in [-0.15, -0.1) is 6.58 Å². The van der Waals surface area contributed by atoms with Crippen molar-refractivity contribution in [3.05, 3.63) is 30.9 Å². The van der Waals surface area contributed by atoms with Crippen LogP contribution in [0.15, 0.2) is 30.9 Å². The van der Waals surface area contributed by atoms with Crippen molar-refractivity contribution in [2.45, 2.75) is 19.3 Å². The Morgan fingerprint density at radius 3 is 2.82 bits per heavy atom. The number of hydrogen-bond donors (Lipinski definition) is 1. The largest absolute Gasteiger partial charge is 0.495 e. The van der Waals surface area contributed by atoms with Crippen molar-refractivity contribution >= 4 is 27.3 Å². The van der Waals surface area contributed by atoms with Crippen LogP contribution in [0.1, 0.15) is 19.3 Å². The van der Waals surface area contributed by atoms with Gasteiger partial charge in [-0.25, -0.2) is 8.42 Å². The van der Waals surface area contributed by atoms with E-state index in [2.05, 4.69) is 11.3 Å². The molecule has 6 nitrogen and oxygen atoms in total. The molecule has 1 aliphatic rings. The van der Waals surface area contributed by atoms with E-state index in [9.17, 15) is 13.2 Å². The fourth-order valence-electron chi connectivity index (χ4n) is 2.40. The lowest BCUT2D eigenvalue weighted by Gasteiger charge is -2.28. The molecule has 1 heterocycles. The standard InChI is InChI=1S/C15H20N2O4S/c1-3-10-22(19,20)16-12-7-8-14(21-2)13(11-12)17-9-5-4-6-15(17)18/h3,7-8,11,16H,1,4-6,9-10H2,2H3. The Labute approximate surface area is 130 Å². The third-order valence-electron chi connectivity index (χ3n) is 3.40. The minimum atomic E-state index is -3.48. The molecule has 0 bridgehead atoms. The molecule has 0 saturated carbocycles. The molecule has 0 aromatic heterocycles. The van der Waals surface area contributed by atoms with Crippen molar-refractivity contribution in [2.24, 2.45) is 0 Å². The first-order valence-corrected chi connectivity index (χ1v) is 8.72. The third kappa shape index (κ3) is 3.79. The van der Waals surface area contributed by atoms with E-state index in [4.69, 9.17) is 4.74 Å². The van der Waals surface area contributed by atoms with E-state index < -0.39 is 10.0 Å². The van der Waals surface area contributed by atoms with Gasteiger partial charge in [0.2, 0.25) is 15.9 Å². The fraction of sp³-hybridized carbons (Fsp3) is 0.400. The SMILES string of the molecule is C=CCS(=O)(=O)Nc1ccc(OC)c(N2CCCCC2=O)c1. The first-order chi connectivity index (χ1) is 10.5. The van der Waals surface area contributed by atoms with E-state index in [1.165, 1.54) is 13.2 Å². The Hall–Kier alpha value is -2.02. The second-order valence-corrected chi connectivity index (χ2v) is 6.83. The van der Waals surface area contributed by atoms with Crippen molar-refractivity contribution < 1.29 is 17.9 Å². The zero-order chi connectivity index (χ0) is 16.2. The van der Waals surface area contributed by atoms with Gasteiger partial charge in [-0.1, -0.05) is 6.08 Å². The highest BCUT2D eigenvalue weighted by Crippen LogP contribution is 2.33. The summed E-state index contributed by atoms with van der Waals surface area (Å²) in [5.74, 6) is 0.398. The van der Waals surface area contributed by atoms with Gasteiger partial charge in [-0.3, -0.25) is 9.52 Å². The number of methoxy groups -OCH3 is 1. The second-order valence-electron chi connectivity index (χ2n) is 5.06. The van der Waals surface area contributed by atoms with Gasteiger partial charge in [0.1, 0.15) is 5.75 Å². The Kier molecular flexibility index (Phi) is 5.07. The number of amides is 1. The number of nitrogens with one attached hydrogen (secondary N) is 1.